The van der Waals surface area contributed by atoms with Crippen molar-refractivity contribution in [3.8, 4) is 0 Å². The first-order chi connectivity index (χ1) is 8.72. The van der Waals surface area contributed by atoms with E-state index in [-0.39, 0.29) is 0 Å². The number of nitrogens with one attached hydrogen (secondary N) is 1. The number of thiophene rings is 1. The van der Waals surface area contributed by atoms with Gasteiger partial charge in [-0.15, -0.1) is 11.3 Å². The molecule has 0 spiro atoms. The molecule has 5 heteroatoms. The van der Waals surface area contributed by atoms with E-state index in [1.165, 1.54) is 10.1 Å². The molecule has 2 aromatic heterocycles. The van der Waals surface area contributed by atoms with Gasteiger partial charge in [0, 0.05) is 10.4 Å². The molecule has 0 saturated heterocycles. The maximum absolute atomic E-state index is 5.52. The van der Waals surface area contributed by atoms with Crippen molar-refractivity contribution in [3.63, 3.8) is 0 Å². The Morgan fingerprint density at radius 2 is 2.06 bits per heavy atom. The molecule has 18 heavy (non-hydrogen) atoms. The topological polar surface area (TPSA) is 25.2 Å². The van der Waals surface area contributed by atoms with Crippen LogP contribution in [-0.4, -0.2) is 0 Å². The average molecular weight is 387 g/mol. The fourth-order valence-corrected chi connectivity index (χ4v) is 3.17. The van der Waals surface area contributed by atoms with Gasteiger partial charge >= 0.3 is 0 Å². The van der Waals surface area contributed by atoms with Crippen molar-refractivity contribution in [1.82, 2.24) is 0 Å². The molecule has 0 saturated carbocycles. The van der Waals surface area contributed by atoms with Crippen molar-refractivity contribution in [2.24, 2.45) is 0 Å². The summed E-state index contributed by atoms with van der Waals surface area (Å²) in [6, 6.07) is 10.5. The molecule has 0 fully saturated rings. The summed E-state index contributed by atoms with van der Waals surface area (Å²) in [4.78, 5) is 0. The predicted octanol–water partition coefficient (Wildman–Crippen LogP) is 5.63. The predicted molar refractivity (Wildman–Crippen MR) is 83.3 cm³/mol. The van der Waals surface area contributed by atoms with Gasteiger partial charge < -0.3 is 9.73 Å². The Labute approximate surface area is 125 Å². The fourth-order valence-electron chi connectivity index (χ4n) is 1.74. The molecule has 92 valence electrons. The summed E-state index contributed by atoms with van der Waals surface area (Å²) in [6.07, 6.45) is 0. The number of benzene rings is 1. The zero-order chi connectivity index (χ0) is 12.5. The van der Waals surface area contributed by atoms with Crippen LogP contribution in [0.1, 0.15) is 5.76 Å². The minimum Gasteiger partial charge on any atom is -0.451 e. The van der Waals surface area contributed by atoms with Gasteiger partial charge in [0.05, 0.1) is 11.0 Å². The summed E-state index contributed by atoms with van der Waals surface area (Å²) < 4.78 is 8.49. The first-order valence-corrected chi connectivity index (χ1v) is 7.84. The molecule has 0 bridgehead atoms. The number of hydrogen-bond acceptors (Lipinski definition) is 3. The average Bonchev–Trinajstić information content (AvgIpc) is 2.94. The third-order valence-electron chi connectivity index (χ3n) is 2.62. The molecule has 2 heterocycles. The van der Waals surface area contributed by atoms with E-state index in [1.807, 2.05) is 6.07 Å². The summed E-state index contributed by atoms with van der Waals surface area (Å²) in [5.41, 5.74) is 1.10. The maximum Gasteiger partial charge on any atom is 0.183 e. The lowest BCUT2D eigenvalue weighted by Crippen LogP contribution is -1.97. The van der Waals surface area contributed by atoms with E-state index in [4.69, 9.17) is 4.42 Å². The summed E-state index contributed by atoms with van der Waals surface area (Å²) in [6.45, 7) is 0.667. The number of halogens is 2. The second kappa shape index (κ2) is 5.07. The van der Waals surface area contributed by atoms with E-state index in [1.54, 1.807) is 11.3 Å². The van der Waals surface area contributed by atoms with Crippen LogP contribution >= 0.6 is 43.2 Å². The molecule has 0 amide bonds. The third kappa shape index (κ3) is 2.48. The molecule has 1 N–H and O–H groups in total. The highest BCUT2D eigenvalue weighted by Gasteiger charge is 2.05. The summed E-state index contributed by atoms with van der Waals surface area (Å²) >= 11 is 8.49. The van der Waals surface area contributed by atoms with Crippen molar-refractivity contribution in [1.29, 1.82) is 0 Å². The lowest BCUT2D eigenvalue weighted by Gasteiger charge is -2.04. The molecule has 0 atom stereocenters. The smallest absolute Gasteiger partial charge is 0.183 e. The molecular weight excluding hydrogens is 378 g/mol. The van der Waals surface area contributed by atoms with E-state index in [2.05, 4.69) is 66.8 Å². The molecule has 2 nitrogen and oxygen atoms in total. The Hall–Kier alpha value is -0.780. The Morgan fingerprint density at radius 3 is 2.83 bits per heavy atom. The van der Waals surface area contributed by atoms with Crippen LogP contribution in [-0.2, 0) is 6.54 Å². The molecule has 0 unspecified atom stereocenters. The lowest BCUT2D eigenvalue weighted by atomic mass is 10.2. The Kier molecular flexibility index (Phi) is 3.46. The minimum atomic E-state index is 0.667. The van der Waals surface area contributed by atoms with Crippen LogP contribution in [0.2, 0.25) is 0 Å². The van der Waals surface area contributed by atoms with Crippen LogP contribution in [0.3, 0.4) is 0 Å². The van der Waals surface area contributed by atoms with Gasteiger partial charge in [-0.3, -0.25) is 0 Å². The van der Waals surface area contributed by atoms with Crippen molar-refractivity contribution in [2.75, 3.05) is 5.32 Å². The molecule has 1 aromatic carbocycles. The van der Waals surface area contributed by atoms with Crippen LogP contribution < -0.4 is 5.32 Å². The van der Waals surface area contributed by atoms with E-state index < -0.39 is 0 Å². The van der Waals surface area contributed by atoms with Crippen molar-refractivity contribution in [3.05, 3.63) is 50.6 Å². The van der Waals surface area contributed by atoms with E-state index in [0.717, 1.165) is 20.6 Å². The van der Waals surface area contributed by atoms with Gasteiger partial charge in [-0.2, -0.15) is 0 Å². The van der Waals surface area contributed by atoms with Crippen LogP contribution in [0.4, 0.5) is 5.69 Å². The first-order valence-electron chi connectivity index (χ1n) is 5.37. The number of furan rings is 1. The van der Waals surface area contributed by atoms with Gasteiger partial charge in [0.15, 0.2) is 4.67 Å². The summed E-state index contributed by atoms with van der Waals surface area (Å²) in [5.74, 6) is 0.888. The molecular formula is C13H9Br2NOS. The normalized spacial score (nSPS) is 11.0. The lowest BCUT2D eigenvalue weighted by molar-refractivity contribution is 0.494. The van der Waals surface area contributed by atoms with Gasteiger partial charge in [0.1, 0.15) is 5.76 Å². The Balaban J connectivity index is 1.76. The molecule has 0 aliphatic rings. The van der Waals surface area contributed by atoms with Crippen molar-refractivity contribution >= 4 is 59.0 Å². The standard InChI is InChI=1S/C13H9Br2NOS/c14-11-6-10(17-13(11)15)7-16-9-1-2-12-8(5-9)3-4-18-12/h1-6,16H,7H2. The van der Waals surface area contributed by atoms with Gasteiger partial charge in [-0.25, -0.2) is 0 Å². The number of rotatable bonds is 3. The number of fused-ring (bicyclic) bond motifs is 1. The second-order valence-corrected chi connectivity index (χ2v) is 6.38. The summed E-state index contributed by atoms with van der Waals surface area (Å²) in [7, 11) is 0. The molecule has 3 rings (SSSR count). The monoisotopic (exact) mass is 385 g/mol. The first kappa shape index (κ1) is 12.3. The highest BCUT2D eigenvalue weighted by atomic mass is 79.9. The SMILES string of the molecule is Brc1cc(CNc2ccc3sccc3c2)oc1Br. The minimum absolute atomic E-state index is 0.667. The van der Waals surface area contributed by atoms with Crippen LogP contribution in [0.5, 0.6) is 0 Å². The van der Waals surface area contributed by atoms with Crippen LogP contribution in [0.25, 0.3) is 10.1 Å². The third-order valence-corrected chi connectivity index (χ3v) is 5.22. The Morgan fingerprint density at radius 1 is 1.17 bits per heavy atom. The Bertz CT molecular complexity index is 670. The largest absolute Gasteiger partial charge is 0.451 e. The van der Waals surface area contributed by atoms with E-state index in [9.17, 15) is 0 Å². The second-order valence-electron chi connectivity index (χ2n) is 3.86. The molecule has 0 aliphatic carbocycles. The van der Waals surface area contributed by atoms with E-state index >= 15 is 0 Å². The zero-order valence-corrected chi connectivity index (χ0v) is 13.2. The van der Waals surface area contributed by atoms with Gasteiger partial charge in [-0.05, 0) is 73.0 Å². The number of anilines is 1. The maximum atomic E-state index is 5.52. The van der Waals surface area contributed by atoms with Gasteiger partial charge in [0.2, 0.25) is 0 Å². The molecule has 0 aliphatic heterocycles. The highest BCUT2D eigenvalue weighted by Crippen LogP contribution is 2.28. The van der Waals surface area contributed by atoms with Gasteiger partial charge in [0.25, 0.3) is 0 Å². The fraction of sp³-hybridized carbons (Fsp3) is 0.0769. The molecule has 3 aromatic rings. The zero-order valence-electron chi connectivity index (χ0n) is 9.24. The quantitative estimate of drug-likeness (QED) is 0.630. The van der Waals surface area contributed by atoms with Crippen LogP contribution in [0.15, 0.2) is 49.3 Å². The number of hydrogen-bond donors (Lipinski definition) is 1. The van der Waals surface area contributed by atoms with Gasteiger partial charge in [-0.1, -0.05) is 0 Å². The van der Waals surface area contributed by atoms with E-state index in [0.29, 0.717) is 6.54 Å². The van der Waals surface area contributed by atoms with Crippen molar-refractivity contribution < 1.29 is 4.42 Å². The highest BCUT2D eigenvalue weighted by molar-refractivity contribution is 9.13. The molecule has 0 radical (unpaired) electrons. The van der Waals surface area contributed by atoms with Crippen molar-refractivity contribution in [2.45, 2.75) is 6.54 Å². The summed E-state index contributed by atoms with van der Waals surface area (Å²) in [5, 5.41) is 6.73. The van der Waals surface area contributed by atoms with Crippen LogP contribution in [0, 0.1) is 0 Å².